The first kappa shape index (κ1) is 23.4. The number of carbonyl (C=O) groups excluding carboxylic acids is 2. The largest absolute Gasteiger partial charge is 0.368 e. The Labute approximate surface area is 211 Å². The van der Waals surface area contributed by atoms with Crippen LogP contribution in [0.2, 0.25) is 5.02 Å². The lowest BCUT2D eigenvalue weighted by Gasteiger charge is -2.36. The van der Waals surface area contributed by atoms with Crippen molar-refractivity contribution in [3.05, 3.63) is 101 Å². The Morgan fingerprint density at radius 3 is 2.20 bits per heavy atom. The van der Waals surface area contributed by atoms with Gasteiger partial charge in [-0.2, -0.15) is 0 Å². The van der Waals surface area contributed by atoms with Crippen LogP contribution >= 0.6 is 11.6 Å². The van der Waals surface area contributed by atoms with Gasteiger partial charge >= 0.3 is 0 Å². The Kier molecular flexibility index (Phi) is 7.05. The molecule has 3 aromatic rings. The minimum Gasteiger partial charge on any atom is -0.368 e. The topological polar surface area (TPSA) is 43.9 Å². The molecular weight excluding hydrogens is 458 g/mol. The standard InChI is InChI=1S/C29H30ClN3O2/c30-26-12-5-13-27(20-26)31-15-17-32(18-16-31)29(35)24-10-4-9-23(19-24)25-11-6-14-33(21-25)28(34)22-7-2-1-3-8-22/h1-5,7-10,12-13,19-20,25H,6,11,14-18,21H2/t25-/m1/s1. The van der Waals surface area contributed by atoms with Crippen molar-refractivity contribution in [2.75, 3.05) is 44.2 Å². The summed E-state index contributed by atoms with van der Waals surface area (Å²) in [5, 5.41) is 0.726. The van der Waals surface area contributed by atoms with Crippen molar-refractivity contribution < 1.29 is 9.59 Å². The Morgan fingerprint density at radius 1 is 0.714 bits per heavy atom. The van der Waals surface area contributed by atoms with Gasteiger partial charge in [0.15, 0.2) is 0 Å². The molecular formula is C29H30ClN3O2. The molecule has 2 heterocycles. The van der Waals surface area contributed by atoms with Crippen molar-refractivity contribution in [1.29, 1.82) is 0 Å². The number of rotatable bonds is 4. The van der Waals surface area contributed by atoms with Gasteiger partial charge in [-0.25, -0.2) is 0 Å². The summed E-state index contributed by atoms with van der Waals surface area (Å²) < 4.78 is 0. The average Bonchev–Trinajstić information content (AvgIpc) is 2.93. The van der Waals surface area contributed by atoms with Gasteiger partial charge in [-0.3, -0.25) is 9.59 Å². The van der Waals surface area contributed by atoms with Gasteiger partial charge < -0.3 is 14.7 Å². The fourth-order valence-corrected chi connectivity index (χ4v) is 5.33. The van der Waals surface area contributed by atoms with Crippen LogP contribution < -0.4 is 4.90 Å². The molecule has 5 rings (SSSR count). The minimum atomic E-state index is 0.0746. The molecule has 5 nitrogen and oxygen atoms in total. The minimum absolute atomic E-state index is 0.0746. The van der Waals surface area contributed by atoms with Crippen molar-refractivity contribution in [1.82, 2.24) is 9.80 Å². The quantitative estimate of drug-likeness (QED) is 0.500. The second-order valence-electron chi connectivity index (χ2n) is 9.34. The molecule has 0 saturated carbocycles. The van der Waals surface area contributed by atoms with Gasteiger partial charge in [0.1, 0.15) is 0 Å². The Balaban J connectivity index is 1.23. The number of piperidine rings is 1. The fourth-order valence-electron chi connectivity index (χ4n) is 5.15. The van der Waals surface area contributed by atoms with Crippen molar-refractivity contribution in [3.8, 4) is 0 Å². The predicted molar refractivity (Wildman–Crippen MR) is 140 cm³/mol. The van der Waals surface area contributed by atoms with Crippen LogP contribution in [0.5, 0.6) is 0 Å². The molecule has 6 heteroatoms. The van der Waals surface area contributed by atoms with Crippen molar-refractivity contribution in [2.24, 2.45) is 0 Å². The smallest absolute Gasteiger partial charge is 0.253 e. The van der Waals surface area contributed by atoms with E-state index in [0.29, 0.717) is 19.6 Å². The molecule has 0 radical (unpaired) electrons. The summed E-state index contributed by atoms with van der Waals surface area (Å²) in [5.41, 5.74) is 3.69. The van der Waals surface area contributed by atoms with Crippen molar-refractivity contribution in [3.63, 3.8) is 0 Å². The highest BCUT2D eigenvalue weighted by molar-refractivity contribution is 6.30. The third-order valence-corrected chi connectivity index (χ3v) is 7.31. The van der Waals surface area contributed by atoms with Gasteiger partial charge in [0.2, 0.25) is 0 Å². The second-order valence-corrected chi connectivity index (χ2v) is 9.78. The molecule has 0 bridgehead atoms. The highest BCUT2D eigenvalue weighted by Crippen LogP contribution is 2.29. The molecule has 0 spiro atoms. The maximum absolute atomic E-state index is 13.3. The zero-order valence-electron chi connectivity index (χ0n) is 19.8. The van der Waals surface area contributed by atoms with Crippen LogP contribution in [-0.2, 0) is 0 Å². The molecule has 35 heavy (non-hydrogen) atoms. The van der Waals surface area contributed by atoms with Gasteiger partial charge in [0, 0.05) is 67.0 Å². The molecule has 0 aliphatic carbocycles. The summed E-state index contributed by atoms with van der Waals surface area (Å²) in [6.45, 7) is 4.38. The van der Waals surface area contributed by atoms with Gasteiger partial charge in [0.05, 0.1) is 0 Å². The van der Waals surface area contributed by atoms with Crippen LogP contribution in [0.1, 0.15) is 45.0 Å². The van der Waals surface area contributed by atoms with Gasteiger partial charge in [-0.15, -0.1) is 0 Å². The molecule has 2 fully saturated rings. The Hall–Kier alpha value is -3.31. The number of nitrogens with zero attached hydrogens (tertiary/aromatic N) is 3. The molecule has 2 saturated heterocycles. The van der Waals surface area contributed by atoms with E-state index < -0.39 is 0 Å². The Bertz CT molecular complexity index is 1190. The van der Waals surface area contributed by atoms with Gasteiger partial charge in [-0.05, 0) is 60.9 Å². The SMILES string of the molecule is O=C(c1cccc([C@@H]2CCCN(C(=O)c3ccccc3)C2)c1)N1CCN(c2cccc(Cl)c2)CC1. The van der Waals surface area contributed by atoms with Crippen LogP contribution in [0.25, 0.3) is 0 Å². The number of piperazine rings is 1. The van der Waals surface area contributed by atoms with E-state index in [-0.39, 0.29) is 17.7 Å². The van der Waals surface area contributed by atoms with Crippen molar-refractivity contribution >= 4 is 29.1 Å². The van der Waals surface area contributed by atoms with E-state index in [1.54, 1.807) is 0 Å². The average molecular weight is 488 g/mol. The third kappa shape index (κ3) is 5.35. The van der Waals surface area contributed by atoms with E-state index in [2.05, 4.69) is 17.0 Å². The number of likely N-dealkylation sites (tertiary alicyclic amines) is 1. The summed E-state index contributed by atoms with van der Waals surface area (Å²) >= 11 is 6.15. The first-order valence-corrected chi connectivity index (χ1v) is 12.7. The second kappa shape index (κ2) is 10.5. The van der Waals surface area contributed by atoms with E-state index in [0.717, 1.165) is 59.9 Å². The van der Waals surface area contributed by atoms with Crippen LogP contribution in [0.15, 0.2) is 78.9 Å². The van der Waals surface area contributed by atoms with E-state index in [9.17, 15) is 9.59 Å². The lowest BCUT2D eigenvalue weighted by Crippen LogP contribution is -2.48. The van der Waals surface area contributed by atoms with Crippen molar-refractivity contribution in [2.45, 2.75) is 18.8 Å². The zero-order chi connectivity index (χ0) is 24.2. The van der Waals surface area contributed by atoms with Crippen LogP contribution in [0.4, 0.5) is 5.69 Å². The normalized spacial score (nSPS) is 18.4. The molecule has 0 aromatic heterocycles. The molecule has 2 amide bonds. The highest BCUT2D eigenvalue weighted by atomic mass is 35.5. The maximum Gasteiger partial charge on any atom is 0.253 e. The fraction of sp³-hybridized carbons (Fsp3) is 0.310. The summed E-state index contributed by atoms with van der Waals surface area (Å²) in [6, 6.07) is 25.3. The van der Waals surface area contributed by atoms with Crippen LogP contribution in [0.3, 0.4) is 0 Å². The number of carbonyl (C=O) groups is 2. The first-order chi connectivity index (χ1) is 17.1. The van der Waals surface area contributed by atoms with Gasteiger partial charge in [-0.1, -0.05) is 48.0 Å². The van der Waals surface area contributed by atoms with E-state index in [4.69, 9.17) is 11.6 Å². The summed E-state index contributed by atoms with van der Waals surface area (Å²) in [5.74, 6) is 0.398. The molecule has 0 unspecified atom stereocenters. The molecule has 0 N–H and O–H groups in total. The number of amides is 2. The molecule has 180 valence electrons. The van der Waals surface area contributed by atoms with E-state index in [1.807, 2.05) is 76.5 Å². The molecule has 1 atom stereocenters. The monoisotopic (exact) mass is 487 g/mol. The molecule has 3 aromatic carbocycles. The molecule has 2 aliphatic rings. The summed E-state index contributed by atoms with van der Waals surface area (Å²) in [7, 11) is 0. The molecule has 2 aliphatic heterocycles. The predicted octanol–water partition coefficient (Wildman–Crippen LogP) is 5.32. The number of hydrogen-bond acceptors (Lipinski definition) is 3. The third-order valence-electron chi connectivity index (χ3n) is 7.07. The van der Waals surface area contributed by atoms with Crippen LogP contribution in [0, 0.1) is 0 Å². The number of anilines is 1. The zero-order valence-corrected chi connectivity index (χ0v) is 20.5. The lowest BCUT2D eigenvalue weighted by atomic mass is 9.89. The van der Waals surface area contributed by atoms with Gasteiger partial charge in [0.25, 0.3) is 11.8 Å². The van der Waals surface area contributed by atoms with E-state index >= 15 is 0 Å². The number of halogens is 1. The number of benzene rings is 3. The highest BCUT2D eigenvalue weighted by Gasteiger charge is 2.27. The first-order valence-electron chi connectivity index (χ1n) is 12.3. The maximum atomic E-state index is 13.3. The summed E-state index contributed by atoms with van der Waals surface area (Å²) in [4.78, 5) is 32.4. The number of hydrogen-bond donors (Lipinski definition) is 0. The Morgan fingerprint density at radius 2 is 1.43 bits per heavy atom. The van der Waals surface area contributed by atoms with E-state index in [1.165, 1.54) is 0 Å². The van der Waals surface area contributed by atoms with Crippen LogP contribution in [-0.4, -0.2) is 60.9 Å². The lowest BCUT2D eigenvalue weighted by molar-refractivity contribution is 0.0704. The summed E-state index contributed by atoms with van der Waals surface area (Å²) in [6.07, 6.45) is 1.99.